The van der Waals surface area contributed by atoms with Gasteiger partial charge in [-0.1, -0.05) is 65.1 Å². The Bertz CT molecular complexity index is 878. The van der Waals surface area contributed by atoms with Gasteiger partial charge in [0.05, 0.1) is 16.7 Å². The van der Waals surface area contributed by atoms with E-state index in [9.17, 15) is 9.59 Å². The summed E-state index contributed by atoms with van der Waals surface area (Å²) in [5.74, 6) is -2.10. The Morgan fingerprint density at radius 3 is 2.13 bits per heavy atom. The number of carbonyl (C=O) groups is 2. The SMILES string of the molecule is Clc1cc(Cl)c(O[C@@H](c2ccccc2)[C@@H]2CNCCO2)c(Cl)c1.O=C(O)C=CC(=O)O. The van der Waals surface area contributed by atoms with Crippen molar-refractivity contribution >= 4 is 46.7 Å². The quantitative estimate of drug-likeness (QED) is 0.515. The highest BCUT2D eigenvalue weighted by atomic mass is 35.5. The van der Waals surface area contributed by atoms with Gasteiger partial charge in [-0.25, -0.2) is 9.59 Å². The first kappa shape index (κ1) is 25.0. The van der Waals surface area contributed by atoms with Crippen LogP contribution in [0.15, 0.2) is 54.6 Å². The molecule has 0 saturated carbocycles. The highest BCUT2D eigenvalue weighted by Gasteiger charge is 2.29. The van der Waals surface area contributed by atoms with Crippen LogP contribution >= 0.6 is 34.8 Å². The Labute approximate surface area is 194 Å². The number of ether oxygens (including phenoxy) is 2. The zero-order valence-corrected chi connectivity index (χ0v) is 18.4. The largest absolute Gasteiger partial charge is 0.480 e. The molecule has 0 aliphatic carbocycles. The molecule has 2 atom stereocenters. The third kappa shape index (κ3) is 8.40. The normalized spacial score (nSPS) is 16.8. The summed E-state index contributed by atoms with van der Waals surface area (Å²) in [4.78, 5) is 19.1. The molecule has 1 aliphatic rings. The van der Waals surface area contributed by atoms with Crippen molar-refractivity contribution in [2.45, 2.75) is 12.2 Å². The first-order chi connectivity index (χ1) is 14.8. The average Bonchev–Trinajstić information content (AvgIpc) is 2.73. The molecule has 166 valence electrons. The van der Waals surface area contributed by atoms with Crippen LogP contribution in [-0.4, -0.2) is 48.0 Å². The number of nitrogens with one attached hydrogen (secondary N) is 1. The molecule has 0 aromatic heterocycles. The minimum absolute atomic E-state index is 0.131. The molecule has 0 unspecified atom stereocenters. The predicted molar refractivity (Wildman–Crippen MR) is 118 cm³/mol. The fourth-order valence-electron chi connectivity index (χ4n) is 2.69. The molecule has 0 radical (unpaired) electrons. The van der Waals surface area contributed by atoms with Crippen molar-refractivity contribution in [1.82, 2.24) is 5.32 Å². The van der Waals surface area contributed by atoms with Crippen molar-refractivity contribution in [2.75, 3.05) is 19.7 Å². The maximum Gasteiger partial charge on any atom is 0.328 e. The molecule has 1 fully saturated rings. The summed E-state index contributed by atoms with van der Waals surface area (Å²) in [6, 6.07) is 13.1. The molecule has 1 aliphatic heterocycles. The summed E-state index contributed by atoms with van der Waals surface area (Å²) in [6.45, 7) is 2.17. The van der Waals surface area contributed by atoms with Crippen LogP contribution < -0.4 is 10.1 Å². The van der Waals surface area contributed by atoms with Crippen LogP contribution in [0.5, 0.6) is 5.75 Å². The lowest BCUT2D eigenvalue weighted by Crippen LogP contribution is -2.43. The van der Waals surface area contributed by atoms with Gasteiger partial charge >= 0.3 is 11.9 Å². The molecule has 31 heavy (non-hydrogen) atoms. The minimum Gasteiger partial charge on any atom is -0.480 e. The van der Waals surface area contributed by atoms with E-state index in [-0.39, 0.29) is 12.2 Å². The molecule has 2 aromatic carbocycles. The maximum atomic E-state index is 9.55. The van der Waals surface area contributed by atoms with Crippen molar-refractivity contribution < 1.29 is 29.3 Å². The van der Waals surface area contributed by atoms with Crippen molar-refractivity contribution in [3.05, 3.63) is 75.2 Å². The van der Waals surface area contributed by atoms with Gasteiger partial charge in [-0.2, -0.15) is 0 Å². The van der Waals surface area contributed by atoms with E-state index in [1.807, 2.05) is 30.3 Å². The maximum absolute atomic E-state index is 9.55. The Morgan fingerprint density at radius 2 is 1.65 bits per heavy atom. The highest BCUT2D eigenvalue weighted by molar-refractivity contribution is 6.40. The molecule has 3 N–H and O–H groups in total. The van der Waals surface area contributed by atoms with Gasteiger partial charge in [-0.15, -0.1) is 0 Å². The van der Waals surface area contributed by atoms with Crippen LogP contribution in [-0.2, 0) is 14.3 Å². The molecule has 2 aromatic rings. The van der Waals surface area contributed by atoms with E-state index in [1.54, 1.807) is 12.1 Å². The number of benzene rings is 2. The van der Waals surface area contributed by atoms with E-state index in [0.29, 0.717) is 46.1 Å². The molecular weight excluding hydrogens is 469 g/mol. The van der Waals surface area contributed by atoms with Crippen LogP contribution in [0.4, 0.5) is 0 Å². The van der Waals surface area contributed by atoms with E-state index >= 15 is 0 Å². The monoisotopic (exact) mass is 487 g/mol. The number of rotatable bonds is 6. The van der Waals surface area contributed by atoms with Gasteiger partial charge in [0.15, 0.2) is 11.9 Å². The summed E-state index contributed by atoms with van der Waals surface area (Å²) in [5.41, 5.74) is 1.00. The first-order valence-corrected chi connectivity index (χ1v) is 10.2. The van der Waals surface area contributed by atoms with Crippen LogP contribution in [0.2, 0.25) is 15.1 Å². The summed E-state index contributed by atoms with van der Waals surface area (Å²) >= 11 is 18.5. The number of aliphatic carboxylic acids is 2. The summed E-state index contributed by atoms with van der Waals surface area (Å²) in [7, 11) is 0. The molecule has 10 heteroatoms. The zero-order valence-electron chi connectivity index (χ0n) is 16.1. The van der Waals surface area contributed by atoms with Crippen molar-refractivity contribution in [3.8, 4) is 5.75 Å². The number of carboxylic acid groups (broad SMARTS) is 2. The summed E-state index contributed by atoms with van der Waals surface area (Å²) < 4.78 is 12.0. The zero-order chi connectivity index (χ0) is 22.8. The molecule has 7 nitrogen and oxygen atoms in total. The summed E-state index contributed by atoms with van der Waals surface area (Å²) in [5, 5.41) is 20.2. The number of hydrogen-bond acceptors (Lipinski definition) is 5. The second-order valence-electron chi connectivity index (χ2n) is 6.27. The van der Waals surface area contributed by atoms with Gasteiger partial charge < -0.3 is 25.0 Å². The van der Waals surface area contributed by atoms with E-state index in [4.69, 9.17) is 54.5 Å². The highest BCUT2D eigenvalue weighted by Crippen LogP contribution is 2.39. The molecule has 1 saturated heterocycles. The smallest absolute Gasteiger partial charge is 0.328 e. The van der Waals surface area contributed by atoms with E-state index in [2.05, 4.69) is 5.32 Å². The van der Waals surface area contributed by atoms with Crippen LogP contribution in [0.3, 0.4) is 0 Å². The lowest BCUT2D eigenvalue weighted by molar-refractivity contribution is -0.134. The van der Waals surface area contributed by atoms with Crippen molar-refractivity contribution in [3.63, 3.8) is 0 Å². The summed E-state index contributed by atoms with van der Waals surface area (Å²) in [6.07, 6.45) is 0.666. The van der Waals surface area contributed by atoms with Gasteiger partial charge in [-0.3, -0.25) is 0 Å². The third-order valence-corrected chi connectivity index (χ3v) is 4.78. The standard InChI is InChI=1S/C17H16Cl3NO2.C4H4O4/c18-12-8-13(19)17(14(20)9-12)23-16(11-4-2-1-3-5-11)15-10-21-6-7-22-15;5-3(6)1-2-4(7)8/h1-5,8-9,15-16,21H,6-7,10H2;1-2H,(H,5,6)(H,7,8)/t15-,16-;/m0./s1. The van der Waals surface area contributed by atoms with E-state index in [1.165, 1.54) is 0 Å². The minimum atomic E-state index is -1.26. The second-order valence-corrected chi connectivity index (χ2v) is 7.52. The predicted octanol–water partition coefficient (Wildman–Crippen LogP) is 4.47. The molecule has 0 bridgehead atoms. The average molecular weight is 489 g/mol. The van der Waals surface area contributed by atoms with E-state index in [0.717, 1.165) is 12.1 Å². The van der Waals surface area contributed by atoms with Gasteiger partial charge in [0.2, 0.25) is 0 Å². The topological polar surface area (TPSA) is 105 Å². The second kappa shape index (κ2) is 12.5. The Kier molecular flexibility index (Phi) is 10.1. The van der Waals surface area contributed by atoms with Gasteiger partial charge in [-0.05, 0) is 17.7 Å². The van der Waals surface area contributed by atoms with Crippen molar-refractivity contribution in [2.24, 2.45) is 0 Å². The van der Waals surface area contributed by atoms with Crippen LogP contribution in [0.1, 0.15) is 11.7 Å². The molecule has 0 spiro atoms. The lowest BCUT2D eigenvalue weighted by atomic mass is 10.0. The molecule has 1 heterocycles. The number of carboxylic acids is 2. The number of morpholine rings is 1. The third-order valence-electron chi connectivity index (χ3n) is 4.00. The van der Waals surface area contributed by atoms with Gasteiger partial charge in [0.25, 0.3) is 0 Å². The first-order valence-electron chi connectivity index (χ1n) is 9.10. The van der Waals surface area contributed by atoms with Gasteiger partial charge in [0, 0.05) is 30.3 Å². The Hall–Kier alpha value is -2.29. The molecule has 3 rings (SSSR count). The van der Waals surface area contributed by atoms with Crippen molar-refractivity contribution in [1.29, 1.82) is 0 Å². The van der Waals surface area contributed by atoms with E-state index < -0.39 is 11.9 Å². The number of halogens is 3. The molecular formula is C21H20Cl3NO6. The Morgan fingerprint density at radius 1 is 1.06 bits per heavy atom. The number of hydrogen-bond donors (Lipinski definition) is 3. The van der Waals surface area contributed by atoms with Crippen LogP contribution in [0, 0.1) is 0 Å². The molecule has 0 amide bonds. The lowest BCUT2D eigenvalue weighted by Gasteiger charge is -2.32. The fourth-order valence-corrected chi connectivity index (χ4v) is 3.60. The van der Waals surface area contributed by atoms with Crippen LogP contribution in [0.25, 0.3) is 0 Å². The van der Waals surface area contributed by atoms with Gasteiger partial charge in [0.1, 0.15) is 6.10 Å². The Balaban J connectivity index is 0.000000366. The fraction of sp³-hybridized carbons (Fsp3) is 0.238.